The fourth-order valence-electron chi connectivity index (χ4n) is 2.21. The van der Waals surface area contributed by atoms with Gasteiger partial charge >= 0.3 is 5.97 Å². The molecule has 2 N–H and O–H groups in total. The first-order valence-corrected chi connectivity index (χ1v) is 10.7. The topological polar surface area (TPSA) is 102 Å². The highest BCUT2D eigenvalue weighted by Crippen LogP contribution is 2.31. The Kier molecular flexibility index (Phi) is 8.11. The molecule has 0 aliphatic rings. The van der Waals surface area contributed by atoms with Crippen molar-refractivity contribution >= 4 is 39.3 Å². The van der Waals surface area contributed by atoms with Gasteiger partial charge in [-0.15, -0.1) is 0 Å². The number of alkyl halides is 2. The smallest absolute Gasteiger partial charge is 0.338 e. The number of benzene rings is 2. The van der Waals surface area contributed by atoms with Gasteiger partial charge in [0.2, 0.25) is 10.0 Å². The Morgan fingerprint density at radius 1 is 1.10 bits per heavy atom. The van der Waals surface area contributed by atoms with Crippen LogP contribution in [0.2, 0.25) is 0 Å². The van der Waals surface area contributed by atoms with Gasteiger partial charge in [-0.05, 0) is 36.4 Å². The number of hydrogen-bond acceptors (Lipinski definition) is 6. The van der Waals surface area contributed by atoms with Crippen molar-refractivity contribution in [1.82, 2.24) is 4.72 Å². The van der Waals surface area contributed by atoms with E-state index in [1.165, 1.54) is 36.4 Å². The van der Waals surface area contributed by atoms with Crippen molar-refractivity contribution in [2.45, 2.75) is 22.5 Å². The van der Waals surface area contributed by atoms with Gasteiger partial charge in [-0.25, -0.2) is 17.9 Å². The van der Waals surface area contributed by atoms with E-state index in [1.807, 2.05) is 0 Å². The molecule has 0 fully saturated rings. The molecule has 2 rings (SSSR count). The van der Waals surface area contributed by atoms with Crippen LogP contribution in [-0.2, 0) is 19.6 Å². The Hall–Kier alpha value is -2.50. The lowest BCUT2D eigenvalue weighted by Crippen LogP contribution is -2.23. The Morgan fingerprint density at radius 3 is 2.38 bits per heavy atom. The van der Waals surface area contributed by atoms with E-state index in [4.69, 9.17) is 4.74 Å². The molecule has 0 radical (unpaired) electrons. The SMILES string of the molecule is CCNS(=O)(=O)c1ccc(C(=O)OCC(=O)Nc2ccccc2SC(F)F)cc1. The minimum Gasteiger partial charge on any atom is -0.452 e. The molecule has 0 saturated carbocycles. The fraction of sp³-hybridized carbons (Fsp3) is 0.222. The summed E-state index contributed by atoms with van der Waals surface area (Å²) in [6, 6.07) is 11.0. The maximum Gasteiger partial charge on any atom is 0.338 e. The predicted molar refractivity (Wildman–Crippen MR) is 105 cm³/mol. The van der Waals surface area contributed by atoms with Crippen molar-refractivity contribution in [3.8, 4) is 0 Å². The number of para-hydroxylation sites is 1. The van der Waals surface area contributed by atoms with Gasteiger partial charge in [-0.1, -0.05) is 30.8 Å². The second-order valence-corrected chi connectivity index (χ2v) is 8.32. The number of carbonyl (C=O) groups is 2. The third kappa shape index (κ3) is 6.80. The maximum atomic E-state index is 12.6. The average molecular weight is 444 g/mol. The van der Waals surface area contributed by atoms with Gasteiger partial charge in [-0.3, -0.25) is 4.79 Å². The zero-order valence-electron chi connectivity index (χ0n) is 15.2. The quantitative estimate of drug-likeness (QED) is 0.455. The molecule has 0 aromatic heterocycles. The van der Waals surface area contributed by atoms with Crippen LogP contribution in [0.5, 0.6) is 0 Å². The summed E-state index contributed by atoms with van der Waals surface area (Å²) < 4.78 is 56.1. The van der Waals surface area contributed by atoms with E-state index >= 15 is 0 Å². The first-order valence-electron chi connectivity index (χ1n) is 8.33. The lowest BCUT2D eigenvalue weighted by atomic mass is 10.2. The van der Waals surface area contributed by atoms with E-state index in [0.717, 1.165) is 0 Å². The summed E-state index contributed by atoms with van der Waals surface area (Å²) in [7, 11) is -3.65. The standard InChI is InChI=1S/C18H18F2N2O5S2/c1-2-21-29(25,26)13-9-7-12(8-10-13)17(24)27-11-16(23)22-14-5-3-4-6-15(14)28-18(19)20/h3-10,18,21H,2,11H2,1H3,(H,22,23). The van der Waals surface area contributed by atoms with E-state index in [9.17, 15) is 26.8 Å². The Morgan fingerprint density at radius 2 is 1.76 bits per heavy atom. The van der Waals surface area contributed by atoms with Crippen LogP contribution in [0.25, 0.3) is 0 Å². The highest BCUT2D eigenvalue weighted by atomic mass is 32.2. The summed E-state index contributed by atoms with van der Waals surface area (Å²) in [4.78, 5) is 24.2. The zero-order chi connectivity index (χ0) is 21.4. The fourth-order valence-corrected chi connectivity index (χ4v) is 3.85. The van der Waals surface area contributed by atoms with Crippen LogP contribution in [0, 0.1) is 0 Å². The Balaban J connectivity index is 1.95. The van der Waals surface area contributed by atoms with E-state index in [1.54, 1.807) is 19.1 Å². The van der Waals surface area contributed by atoms with Crippen molar-refractivity contribution in [1.29, 1.82) is 0 Å². The first kappa shape index (κ1) is 22.8. The lowest BCUT2D eigenvalue weighted by molar-refractivity contribution is -0.119. The van der Waals surface area contributed by atoms with Crippen LogP contribution < -0.4 is 10.0 Å². The van der Waals surface area contributed by atoms with Crippen LogP contribution in [0.15, 0.2) is 58.3 Å². The molecule has 0 aliphatic carbocycles. The second kappa shape index (κ2) is 10.3. The number of hydrogen-bond donors (Lipinski definition) is 2. The molecule has 0 saturated heterocycles. The third-order valence-electron chi connectivity index (χ3n) is 3.45. The molecule has 0 bridgehead atoms. The molecule has 156 valence electrons. The number of thioether (sulfide) groups is 1. The van der Waals surface area contributed by atoms with Gasteiger partial charge < -0.3 is 10.1 Å². The van der Waals surface area contributed by atoms with Crippen LogP contribution in [0.3, 0.4) is 0 Å². The molecule has 0 spiro atoms. The predicted octanol–water partition coefficient (Wildman–Crippen LogP) is 3.10. The monoisotopic (exact) mass is 444 g/mol. The highest BCUT2D eigenvalue weighted by molar-refractivity contribution is 7.99. The van der Waals surface area contributed by atoms with Crippen molar-refractivity contribution in [3.05, 3.63) is 54.1 Å². The molecular weight excluding hydrogens is 426 g/mol. The summed E-state index contributed by atoms with van der Waals surface area (Å²) in [5.74, 6) is -4.18. The minimum atomic E-state index is -3.65. The van der Waals surface area contributed by atoms with E-state index in [-0.39, 0.29) is 39.3 Å². The number of esters is 1. The molecule has 7 nitrogen and oxygen atoms in total. The number of rotatable bonds is 9. The summed E-state index contributed by atoms with van der Waals surface area (Å²) >= 11 is 0.285. The summed E-state index contributed by atoms with van der Waals surface area (Å²) in [5.41, 5.74) is 0.235. The lowest BCUT2D eigenvalue weighted by Gasteiger charge is -2.11. The second-order valence-electron chi connectivity index (χ2n) is 5.52. The van der Waals surface area contributed by atoms with E-state index < -0.39 is 34.3 Å². The first-order chi connectivity index (χ1) is 13.7. The number of halogens is 2. The molecule has 1 amide bonds. The largest absolute Gasteiger partial charge is 0.452 e. The van der Waals surface area contributed by atoms with Gasteiger partial charge in [0.25, 0.3) is 11.7 Å². The number of ether oxygens (including phenoxy) is 1. The summed E-state index contributed by atoms with van der Waals surface area (Å²) in [6.07, 6.45) is 0. The van der Waals surface area contributed by atoms with Crippen LogP contribution in [-0.4, -0.2) is 39.2 Å². The number of nitrogens with one attached hydrogen (secondary N) is 2. The normalized spacial score (nSPS) is 11.3. The third-order valence-corrected chi connectivity index (χ3v) is 5.80. The van der Waals surface area contributed by atoms with E-state index in [2.05, 4.69) is 10.0 Å². The van der Waals surface area contributed by atoms with Gasteiger partial charge in [0.05, 0.1) is 16.1 Å². The zero-order valence-corrected chi connectivity index (χ0v) is 16.9. The van der Waals surface area contributed by atoms with Crippen LogP contribution in [0.1, 0.15) is 17.3 Å². The number of anilines is 1. The number of carbonyl (C=O) groups excluding carboxylic acids is 2. The highest BCUT2D eigenvalue weighted by Gasteiger charge is 2.16. The van der Waals surface area contributed by atoms with Gasteiger partial charge in [0.1, 0.15) is 0 Å². The van der Waals surface area contributed by atoms with Gasteiger partial charge in [0.15, 0.2) is 6.61 Å². The average Bonchev–Trinajstić information content (AvgIpc) is 2.67. The molecule has 11 heteroatoms. The molecule has 0 unspecified atom stereocenters. The Bertz CT molecular complexity index is 966. The molecule has 29 heavy (non-hydrogen) atoms. The molecule has 0 heterocycles. The molecule has 2 aromatic carbocycles. The minimum absolute atomic E-state index is 0.0122. The van der Waals surface area contributed by atoms with Crippen LogP contribution in [0.4, 0.5) is 14.5 Å². The van der Waals surface area contributed by atoms with Crippen molar-refractivity contribution < 1.29 is 31.5 Å². The molecular formula is C18H18F2N2O5S2. The molecule has 0 atom stereocenters. The number of sulfonamides is 1. The van der Waals surface area contributed by atoms with Gasteiger partial charge in [0, 0.05) is 11.4 Å². The summed E-state index contributed by atoms with van der Waals surface area (Å²) in [5, 5.41) is 2.41. The van der Waals surface area contributed by atoms with E-state index in [0.29, 0.717) is 0 Å². The molecule has 0 aliphatic heterocycles. The molecule has 2 aromatic rings. The Labute approximate surface area is 170 Å². The van der Waals surface area contributed by atoms with Gasteiger partial charge in [-0.2, -0.15) is 8.78 Å². The van der Waals surface area contributed by atoms with Crippen LogP contribution >= 0.6 is 11.8 Å². The maximum absolute atomic E-state index is 12.6. The van der Waals surface area contributed by atoms with Crippen molar-refractivity contribution in [3.63, 3.8) is 0 Å². The summed E-state index contributed by atoms with van der Waals surface area (Å²) in [6.45, 7) is 1.23. The number of amides is 1. The van der Waals surface area contributed by atoms with Crippen molar-refractivity contribution in [2.75, 3.05) is 18.5 Å². The van der Waals surface area contributed by atoms with Crippen molar-refractivity contribution in [2.24, 2.45) is 0 Å².